The first-order valence-corrected chi connectivity index (χ1v) is 8.80. The molecule has 5 heteroatoms. The molecule has 1 N–H and O–H groups in total. The Hall–Kier alpha value is -0.610. The molecule has 0 aliphatic rings. The topological polar surface area (TPSA) is 24.9 Å². The number of nitrogens with one attached hydrogen (secondary N) is 1. The van der Waals surface area contributed by atoms with Gasteiger partial charge in [-0.15, -0.1) is 11.3 Å². The number of aromatic nitrogens is 1. The minimum atomic E-state index is 0.368. The van der Waals surface area contributed by atoms with Crippen LogP contribution in [0.15, 0.2) is 23.6 Å². The van der Waals surface area contributed by atoms with Crippen LogP contribution in [0.5, 0.6) is 0 Å². The SMILES string of the molecule is CCCNC(Cc1ccc(Cl)c(Cl)c1)Cc1nc(C)cs1. The molecule has 0 saturated heterocycles. The lowest BCUT2D eigenvalue weighted by Crippen LogP contribution is -2.33. The van der Waals surface area contributed by atoms with Crippen molar-refractivity contribution < 1.29 is 0 Å². The number of aryl methyl sites for hydroxylation is 1. The van der Waals surface area contributed by atoms with Crippen molar-refractivity contribution in [2.24, 2.45) is 0 Å². The van der Waals surface area contributed by atoms with Crippen LogP contribution < -0.4 is 5.32 Å². The zero-order valence-electron chi connectivity index (χ0n) is 12.3. The summed E-state index contributed by atoms with van der Waals surface area (Å²) in [6, 6.07) is 6.23. The Balaban J connectivity index is 2.06. The minimum absolute atomic E-state index is 0.368. The largest absolute Gasteiger partial charge is 0.313 e. The molecule has 2 rings (SSSR count). The lowest BCUT2D eigenvalue weighted by Gasteiger charge is -2.18. The maximum Gasteiger partial charge on any atom is 0.0943 e. The van der Waals surface area contributed by atoms with Crippen molar-refractivity contribution in [2.75, 3.05) is 6.54 Å². The van der Waals surface area contributed by atoms with Gasteiger partial charge in [-0.25, -0.2) is 4.98 Å². The summed E-state index contributed by atoms with van der Waals surface area (Å²) >= 11 is 13.8. The van der Waals surface area contributed by atoms with E-state index in [0.717, 1.165) is 31.5 Å². The first kappa shape index (κ1) is 16.8. The van der Waals surface area contributed by atoms with Crippen molar-refractivity contribution in [1.29, 1.82) is 0 Å². The van der Waals surface area contributed by atoms with Crippen LogP contribution >= 0.6 is 34.5 Å². The molecule has 0 radical (unpaired) electrons. The van der Waals surface area contributed by atoms with Gasteiger partial charge >= 0.3 is 0 Å². The van der Waals surface area contributed by atoms with Crippen molar-refractivity contribution in [3.63, 3.8) is 0 Å². The van der Waals surface area contributed by atoms with Crippen LogP contribution in [-0.2, 0) is 12.8 Å². The summed E-state index contributed by atoms with van der Waals surface area (Å²) in [6.45, 7) is 5.22. The van der Waals surface area contributed by atoms with E-state index in [-0.39, 0.29) is 0 Å². The van der Waals surface area contributed by atoms with Gasteiger partial charge in [0.05, 0.1) is 15.1 Å². The summed E-state index contributed by atoms with van der Waals surface area (Å²) in [6.07, 6.45) is 2.99. The highest BCUT2D eigenvalue weighted by Gasteiger charge is 2.13. The predicted molar refractivity (Wildman–Crippen MR) is 92.8 cm³/mol. The summed E-state index contributed by atoms with van der Waals surface area (Å²) in [5.74, 6) is 0. The van der Waals surface area contributed by atoms with Crippen LogP contribution in [0.3, 0.4) is 0 Å². The molecule has 1 heterocycles. The fourth-order valence-electron chi connectivity index (χ4n) is 2.22. The van der Waals surface area contributed by atoms with Crippen LogP contribution in [0, 0.1) is 6.92 Å². The number of halogens is 2. The van der Waals surface area contributed by atoms with Crippen molar-refractivity contribution >= 4 is 34.5 Å². The van der Waals surface area contributed by atoms with Gasteiger partial charge in [0.25, 0.3) is 0 Å². The molecule has 0 bridgehead atoms. The molecule has 0 saturated carbocycles. The number of nitrogens with zero attached hydrogens (tertiary/aromatic N) is 1. The monoisotopic (exact) mass is 342 g/mol. The van der Waals surface area contributed by atoms with E-state index in [1.807, 2.05) is 25.1 Å². The van der Waals surface area contributed by atoms with E-state index < -0.39 is 0 Å². The van der Waals surface area contributed by atoms with Crippen molar-refractivity contribution in [2.45, 2.75) is 39.2 Å². The Morgan fingerprint density at radius 1 is 1.24 bits per heavy atom. The highest BCUT2D eigenvalue weighted by molar-refractivity contribution is 7.09. The molecule has 0 fully saturated rings. The van der Waals surface area contributed by atoms with Gasteiger partial charge in [0.15, 0.2) is 0 Å². The first-order chi connectivity index (χ1) is 10.1. The van der Waals surface area contributed by atoms with Gasteiger partial charge in [-0.05, 0) is 44.0 Å². The van der Waals surface area contributed by atoms with Gasteiger partial charge in [0.2, 0.25) is 0 Å². The third-order valence-corrected chi connectivity index (χ3v) is 4.96. The molecule has 1 atom stereocenters. The summed E-state index contributed by atoms with van der Waals surface area (Å²) in [5, 5.41) is 8.11. The van der Waals surface area contributed by atoms with E-state index in [4.69, 9.17) is 23.2 Å². The van der Waals surface area contributed by atoms with E-state index in [1.54, 1.807) is 11.3 Å². The molecule has 0 aliphatic heterocycles. The van der Waals surface area contributed by atoms with Gasteiger partial charge in [-0.2, -0.15) is 0 Å². The quantitative estimate of drug-likeness (QED) is 0.772. The van der Waals surface area contributed by atoms with Crippen molar-refractivity contribution in [3.05, 3.63) is 49.9 Å². The summed E-state index contributed by atoms with van der Waals surface area (Å²) in [7, 11) is 0. The fourth-order valence-corrected chi connectivity index (χ4v) is 3.40. The maximum atomic E-state index is 6.10. The number of hydrogen-bond donors (Lipinski definition) is 1. The molecule has 114 valence electrons. The number of thiazole rings is 1. The lowest BCUT2D eigenvalue weighted by molar-refractivity contribution is 0.504. The summed E-state index contributed by atoms with van der Waals surface area (Å²) in [5.41, 5.74) is 2.30. The fraction of sp³-hybridized carbons (Fsp3) is 0.438. The van der Waals surface area contributed by atoms with Crippen LogP contribution in [0.2, 0.25) is 10.0 Å². The normalized spacial score (nSPS) is 12.6. The van der Waals surface area contributed by atoms with Gasteiger partial charge in [0, 0.05) is 23.5 Å². The highest BCUT2D eigenvalue weighted by Crippen LogP contribution is 2.23. The Kier molecular flexibility index (Phi) is 6.49. The van der Waals surface area contributed by atoms with Crippen LogP contribution in [0.25, 0.3) is 0 Å². The molecule has 1 aromatic carbocycles. The van der Waals surface area contributed by atoms with Gasteiger partial charge < -0.3 is 5.32 Å². The molecule has 1 aromatic heterocycles. The third-order valence-electron chi connectivity index (χ3n) is 3.24. The molecule has 2 aromatic rings. The third kappa shape index (κ3) is 5.26. The molecule has 2 nitrogen and oxygen atoms in total. The molecule has 0 aliphatic carbocycles. The summed E-state index contributed by atoms with van der Waals surface area (Å²) < 4.78 is 0. The standard InChI is InChI=1S/C16H20Cl2N2S/c1-3-6-19-13(9-16-20-11(2)10-21-16)7-12-4-5-14(17)15(18)8-12/h4-5,8,10,13,19H,3,6-7,9H2,1-2H3. The zero-order valence-corrected chi connectivity index (χ0v) is 14.7. The lowest BCUT2D eigenvalue weighted by atomic mass is 10.0. The average Bonchev–Trinajstić information content (AvgIpc) is 2.85. The highest BCUT2D eigenvalue weighted by atomic mass is 35.5. The smallest absolute Gasteiger partial charge is 0.0943 e. The Labute approximate surface area is 140 Å². The van der Waals surface area contributed by atoms with Gasteiger partial charge in [-0.3, -0.25) is 0 Å². The molecular weight excluding hydrogens is 323 g/mol. The second-order valence-electron chi connectivity index (χ2n) is 5.19. The van der Waals surface area contributed by atoms with Crippen molar-refractivity contribution in [1.82, 2.24) is 10.3 Å². The number of rotatable bonds is 7. The van der Waals surface area contributed by atoms with E-state index >= 15 is 0 Å². The maximum absolute atomic E-state index is 6.10. The van der Waals surface area contributed by atoms with Crippen molar-refractivity contribution in [3.8, 4) is 0 Å². The Morgan fingerprint density at radius 3 is 2.67 bits per heavy atom. The Morgan fingerprint density at radius 2 is 2.05 bits per heavy atom. The van der Waals surface area contributed by atoms with E-state index in [2.05, 4.69) is 22.6 Å². The Bertz CT molecular complexity index is 583. The summed E-state index contributed by atoms with van der Waals surface area (Å²) in [4.78, 5) is 4.56. The first-order valence-electron chi connectivity index (χ1n) is 7.16. The van der Waals surface area contributed by atoms with Crippen LogP contribution in [0.4, 0.5) is 0 Å². The van der Waals surface area contributed by atoms with Crippen LogP contribution in [-0.4, -0.2) is 17.6 Å². The number of benzene rings is 1. The molecule has 1 unspecified atom stereocenters. The van der Waals surface area contributed by atoms with Gasteiger partial charge in [-0.1, -0.05) is 36.2 Å². The minimum Gasteiger partial charge on any atom is -0.313 e. The van der Waals surface area contributed by atoms with E-state index in [1.165, 1.54) is 10.6 Å². The van der Waals surface area contributed by atoms with E-state index in [9.17, 15) is 0 Å². The second-order valence-corrected chi connectivity index (χ2v) is 6.95. The zero-order chi connectivity index (χ0) is 15.2. The average molecular weight is 343 g/mol. The second kappa shape index (κ2) is 8.14. The molecule has 21 heavy (non-hydrogen) atoms. The predicted octanol–water partition coefficient (Wildman–Crippen LogP) is 4.91. The molecule has 0 spiro atoms. The number of hydrogen-bond acceptors (Lipinski definition) is 3. The molecule has 0 amide bonds. The van der Waals surface area contributed by atoms with E-state index in [0.29, 0.717) is 16.1 Å². The van der Waals surface area contributed by atoms with Crippen LogP contribution in [0.1, 0.15) is 29.6 Å². The van der Waals surface area contributed by atoms with Gasteiger partial charge in [0.1, 0.15) is 0 Å². The molecular formula is C16H20Cl2N2S.